The molecule has 1 aliphatic rings. The van der Waals surface area contributed by atoms with Gasteiger partial charge in [0, 0.05) is 10.4 Å². The summed E-state index contributed by atoms with van der Waals surface area (Å²) in [6, 6.07) is 20.1. The van der Waals surface area contributed by atoms with Gasteiger partial charge in [-0.25, -0.2) is 4.98 Å². The van der Waals surface area contributed by atoms with Crippen LogP contribution in [-0.4, -0.2) is 28.9 Å². The van der Waals surface area contributed by atoms with Gasteiger partial charge in [0.15, 0.2) is 16.7 Å². The zero-order valence-corrected chi connectivity index (χ0v) is 20.3. The van der Waals surface area contributed by atoms with Gasteiger partial charge >= 0.3 is 0 Å². The number of thiazole rings is 1. The number of Topliss-reactive ketones (excluding diaryl/α,β-unsaturated/α-hetero) is 1. The van der Waals surface area contributed by atoms with Crippen molar-refractivity contribution in [1.29, 1.82) is 0 Å². The molecule has 1 unspecified atom stereocenters. The quantitative estimate of drug-likeness (QED) is 0.268. The Morgan fingerprint density at radius 3 is 2.64 bits per heavy atom. The van der Waals surface area contributed by atoms with Crippen molar-refractivity contribution in [3.63, 3.8) is 0 Å². The Morgan fingerprint density at radius 2 is 1.89 bits per heavy atom. The molecule has 5 aromatic rings. The van der Waals surface area contributed by atoms with Crippen LogP contribution in [0.3, 0.4) is 0 Å². The van der Waals surface area contributed by atoms with Gasteiger partial charge in [0.1, 0.15) is 11.3 Å². The fourth-order valence-corrected chi connectivity index (χ4v) is 5.62. The van der Waals surface area contributed by atoms with E-state index in [1.165, 1.54) is 16.2 Å². The normalized spacial score (nSPS) is 15.9. The number of para-hydroxylation sites is 1. The number of fused-ring (bicyclic) bond motifs is 2. The van der Waals surface area contributed by atoms with E-state index in [9.17, 15) is 14.7 Å². The molecule has 0 aliphatic carbocycles. The first kappa shape index (κ1) is 22.3. The average molecular weight is 517 g/mol. The second-order valence-corrected chi connectivity index (χ2v) is 9.64. The zero-order valence-electron chi connectivity index (χ0n) is 18.8. The second-order valence-electron chi connectivity index (χ2n) is 8.20. The summed E-state index contributed by atoms with van der Waals surface area (Å²) in [4.78, 5) is 33.1. The molecule has 1 aliphatic heterocycles. The van der Waals surface area contributed by atoms with Crippen molar-refractivity contribution in [3.05, 3.63) is 100 Å². The van der Waals surface area contributed by atoms with Crippen LogP contribution in [0.2, 0.25) is 5.02 Å². The van der Waals surface area contributed by atoms with Crippen molar-refractivity contribution in [3.8, 4) is 5.75 Å². The highest BCUT2D eigenvalue weighted by Gasteiger charge is 2.46. The molecule has 0 radical (unpaired) electrons. The number of anilines is 1. The van der Waals surface area contributed by atoms with E-state index in [0.29, 0.717) is 32.6 Å². The minimum absolute atomic E-state index is 0.0296. The molecule has 36 heavy (non-hydrogen) atoms. The fourth-order valence-electron chi connectivity index (χ4n) is 4.35. The predicted octanol–water partition coefficient (Wildman–Crippen LogP) is 6.49. The van der Waals surface area contributed by atoms with Crippen LogP contribution >= 0.6 is 22.9 Å². The molecule has 0 fully saturated rings. The lowest BCUT2D eigenvalue weighted by Gasteiger charge is -2.24. The number of ketones is 1. The van der Waals surface area contributed by atoms with Gasteiger partial charge in [0.25, 0.3) is 5.91 Å². The number of halogens is 1. The van der Waals surface area contributed by atoms with Gasteiger partial charge in [-0.2, -0.15) is 0 Å². The number of aromatic nitrogens is 1. The molecule has 1 atom stereocenters. The van der Waals surface area contributed by atoms with Crippen LogP contribution in [0.1, 0.15) is 22.2 Å². The standard InChI is InChI=1S/C27H17ClN2O5S/c1-34-17-9-6-14(7-10-17)23-22(24(31)20-12-15-4-2-3-5-19(15)35-20)25(32)26(33)30(23)27-29-18-11-8-16(28)13-21(18)36-27/h2-13,23,32H,1H3. The third-order valence-electron chi connectivity index (χ3n) is 6.08. The zero-order chi connectivity index (χ0) is 25.0. The van der Waals surface area contributed by atoms with Gasteiger partial charge in [-0.05, 0) is 48.0 Å². The Labute approximate surface area is 213 Å². The number of hydrogen-bond acceptors (Lipinski definition) is 7. The van der Waals surface area contributed by atoms with Crippen LogP contribution < -0.4 is 9.64 Å². The first-order valence-electron chi connectivity index (χ1n) is 10.9. The third-order valence-corrected chi connectivity index (χ3v) is 7.33. The Balaban J connectivity index is 1.51. The van der Waals surface area contributed by atoms with Crippen molar-refractivity contribution >= 4 is 60.9 Å². The Morgan fingerprint density at radius 1 is 1.11 bits per heavy atom. The second kappa shape index (κ2) is 8.51. The number of rotatable bonds is 5. The van der Waals surface area contributed by atoms with E-state index in [4.69, 9.17) is 20.8 Å². The highest BCUT2D eigenvalue weighted by atomic mass is 35.5. The summed E-state index contributed by atoms with van der Waals surface area (Å²) in [7, 11) is 1.55. The number of aliphatic hydroxyl groups excluding tert-OH is 1. The molecule has 6 rings (SSSR count). The number of carbonyl (C=O) groups is 2. The van der Waals surface area contributed by atoms with E-state index < -0.39 is 23.5 Å². The van der Waals surface area contributed by atoms with Crippen molar-refractivity contribution in [2.45, 2.75) is 6.04 Å². The van der Waals surface area contributed by atoms with Crippen molar-refractivity contribution in [2.75, 3.05) is 12.0 Å². The Bertz CT molecular complexity index is 1670. The summed E-state index contributed by atoms with van der Waals surface area (Å²) in [5.74, 6) is -1.30. The molecule has 0 bridgehead atoms. The van der Waals surface area contributed by atoms with Crippen LogP contribution in [0.5, 0.6) is 5.75 Å². The highest BCUT2D eigenvalue weighted by Crippen LogP contribution is 2.45. The average Bonchev–Trinajstić information content (AvgIpc) is 3.57. The van der Waals surface area contributed by atoms with E-state index in [-0.39, 0.29) is 11.3 Å². The van der Waals surface area contributed by atoms with Crippen LogP contribution in [0, 0.1) is 0 Å². The van der Waals surface area contributed by atoms with Crippen LogP contribution in [-0.2, 0) is 4.79 Å². The van der Waals surface area contributed by atoms with Gasteiger partial charge in [0.2, 0.25) is 5.78 Å². The monoisotopic (exact) mass is 516 g/mol. The summed E-state index contributed by atoms with van der Waals surface area (Å²) < 4.78 is 11.8. The number of hydrogen-bond donors (Lipinski definition) is 1. The van der Waals surface area contributed by atoms with Crippen molar-refractivity contribution < 1.29 is 23.8 Å². The summed E-state index contributed by atoms with van der Waals surface area (Å²) in [5.41, 5.74) is 1.70. The lowest BCUT2D eigenvalue weighted by molar-refractivity contribution is -0.117. The number of benzene rings is 3. The molecule has 0 saturated heterocycles. The Kier molecular flexibility index (Phi) is 5.28. The van der Waals surface area contributed by atoms with Crippen LogP contribution in [0.25, 0.3) is 21.2 Å². The number of nitrogens with zero attached hydrogens (tertiary/aromatic N) is 2. The number of methoxy groups -OCH3 is 1. The largest absolute Gasteiger partial charge is 0.503 e. The molecule has 7 nitrogen and oxygen atoms in total. The molecule has 3 heterocycles. The van der Waals surface area contributed by atoms with Crippen molar-refractivity contribution in [2.24, 2.45) is 0 Å². The van der Waals surface area contributed by atoms with Gasteiger partial charge in [-0.3, -0.25) is 14.5 Å². The molecule has 1 N–H and O–H groups in total. The Hall–Kier alpha value is -4.14. The molecule has 2 aromatic heterocycles. The van der Waals surface area contributed by atoms with Gasteiger partial charge in [-0.15, -0.1) is 0 Å². The van der Waals surface area contributed by atoms with Crippen molar-refractivity contribution in [1.82, 2.24) is 4.98 Å². The van der Waals surface area contributed by atoms with Gasteiger partial charge in [0.05, 0.1) is 28.9 Å². The first-order valence-corrected chi connectivity index (χ1v) is 12.1. The molecule has 178 valence electrons. The number of furan rings is 1. The van der Waals surface area contributed by atoms with E-state index in [2.05, 4.69) is 4.98 Å². The summed E-state index contributed by atoms with van der Waals surface area (Å²) in [5, 5.41) is 12.6. The number of aliphatic hydroxyl groups is 1. The van der Waals surface area contributed by atoms with E-state index in [1.807, 2.05) is 12.1 Å². The number of ether oxygens (including phenoxy) is 1. The highest BCUT2D eigenvalue weighted by molar-refractivity contribution is 7.22. The minimum atomic E-state index is -0.930. The maximum Gasteiger partial charge on any atom is 0.296 e. The summed E-state index contributed by atoms with van der Waals surface area (Å²) in [6.45, 7) is 0. The van der Waals surface area contributed by atoms with Crippen LogP contribution in [0.15, 0.2) is 88.5 Å². The first-order chi connectivity index (χ1) is 17.4. The van der Waals surface area contributed by atoms with Crippen LogP contribution in [0.4, 0.5) is 5.13 Å². The molecule has 1 amide bonds. The van der Waals surface area contributed by atoms with Gasteiger partial charge < -0.3 is 14.3 Å². The lowest BCUT2D eigenvalue weighted by Crippen LogP contribution is -2.30. The SMILES string of the molecule is COc1ccc(C2C(C(=O)c3cc4ccccc4o3)=C(O)C(=O)N2c2nc3ccc(Cl)cc3s2)cc1. The molecule has 9 heteroatoms. The number of carbonyl (C=O) groups excluding carboxylic acids is 2. The van der Waals surface area contributed by atoms with E-state index in [0.717, 1.165) is 10.1 Å². The minimum Gasteiger partial charge on any atom is -0.503 e. The number of amides is 1. The maximum absolute atomic E-state index is 13.7. The molecule has 0 spiro atoms. The lowest BCUT2D eigenvalue weighted by atomic mass is 9.95. The van der Waals surface area contributed by atoms with E-state index >= 15 is 0 Å². The summed E-state index contributed by atoms with van der Waals surface area (Å²) in [6.07, 6.45) is 0. The topological polar surface area (TPSA) is 92.9 Å². The predicted molar refractivity (Wildman–Crippen MR) is 138 cm³/mol. The molecular weight excluding hydrogens is 500 g/mol. The third kappa shape index (κ3) is 3.54. The van der Waals surface area contributed by atoms with E-state index in [1.54, 1.807) is 67.8 Å². The fraction of sp³-hybridized carbons (Fsp3) is 0.0741. The smallest absolute Gasteiger partial charge is 0.296 e. The van der Waals surface area contributed by atoms with Gasteiger partial charge in [-0.1, -0.05) is 53.3 Å². The summed E-state index contributed by atoms with van der Waals surface area (Å²) >= 11 is 7.39. The molecule has 3 aromatic carbocycles. The maximum atomic E-state index is 13.7. The molecular formula is C27H17ClN2O5S. The molecule has 0 saturated carbocycles.